The molecule has 26 heavy (non-hydrogen) atoms. The highest BCUT2D eigenvalue weighted by atomic mass is 16.2. The minimum Gasteiger partial charge on any atom is -0.343 e. The van der Waals surface area contributed by atoms with E-state index in [1.54, 1.807) is 0 Å². The molecule has 2 bridgehead atoms. The Bertz CT molecular complexity index is 664. The highest BCUT2D eigenvalue weighted by Gasteiger charge is 2.49. The molecular weight excluding hydrogens is 326 g/mol. The Balaban J connectivity index is 1.29. The summed E-state index contributed by atoms with van der Waals surface area (Å²) < 4.78 is 0. The van der Waals surface area contributed by atoms with Gasteiger partial charge < -0.3 is 16.0 Å². The molecule has 3 fully saturated rings. The number of anilines is 1. The molecule has 1 aromatic carbocycles. The number of amides is 2. The number of likely N-dealkylation sites (tertiary alicyclic amines) is 1. The van der Waals surface area contributed by atoms with Crippen LogP contribution in [0, 0.1) is 17.8 Å². The first-order valence-corrected chi connectivity index (χ1v) is 10.0. The Morgan fingerprint density at radius 3 is 2.42 bits per heavy atom. The van der Waals surface area contributed by atoms with Gasteiger partial charge in [-0.05, 0) is 68.1 Å². The van der Waals surface area contributed by atoms with E-state index >= 15 is 0 Å². The van der Waals surface area contributed by atoms with Crippen LogP contribution >= 0.6 is 0 Å². The minimum absolute atomic E-state index is 0.0182. The van der Waals surface area contributed by atoms with Crippen molar-refractivity contribution >= 4 is 17.5 Å². The van der Waals surface area contributed by atoms with Crippen LogP contribution in [0.1, 0.15) is 44.1 Å². The summed E-state index contributed by atoms with van der Waals surface area (Å²) in [5, 5.41) is 3.04. The molecule has 5 heteroatoms. The second-order valence-corrected chi connectivity index (χ2v) is 8.21. The summed E-state index contributed by atoms with van der Waals surface area (Å²) in [6.07, 6.45) is 7.01. The Hall–Kier alpha value is -1.88. The number of fused-ring (bicyclic) bond motifs is 2. The third kappa shape index (κ3) is 3.50. The molecule has 5 nitrogen and oxygen atoms in total. The van der Waals surface area contributed by atoms with E-state index < -0.39 is 0 Å². The number of carbonyl (C=O) groups excluding carboxylic acids is 2. The lowest BCUT2D eigenvalue weighted by Gasteiger charge is -2.27. The zero-order valence-electron chi connectivity index (χ0n) is 15.3. The highest BCUT2D eigenvalue weighted by molar-refractivity contribution is 5.93. The zero-order valence-corrected chi connectivity index (χ0v) is 15.3. The summed E-state index contributed by atoms with van der Waals surface area (Å²) in [4.78, 5) is 26.7. The van der Waals surface area contributed by atoms with Crippen molar-refractivity contribution in [2.45, 2.75) is 51.0 Å². The number of rotatable bonds is 5. The second kappa shape index (κ2) is 7.39. The summed E-state index contributed by atoms with van der Waals surface area (Å²) in [5.74, 6) is 1.29. The first kappa shape index (κ1) is 17.5. The number of nitrogens with one attached hydrogen (secondary N) is 1. The Labute approximate surface area is 155 Å². The summed E-state index contributed by atoms with van der Waals surface area (Å²) in [6, 6.07) is 7.91. The summed E-state index contributed by atoms with van der Waals surface area (Å²) >= 11 is 0. The molecule has 1 saturated heterocycles. The number of nitrogens with zero attached hydrogens (tertiary/aromatic N) is 1. The van der Waals surface area contributed by atoms with Crippen molar-refractivity contribution in [2.24, 2.45) is 23.5 Å². The topological polar surface area (TPSA) is 75.4 Å². The Morgan fingerprint density at radius 2 is 1.77 bits per heavy atom. The van der Waals surface area contributed by atoms with Crippen LogP contribution in [0.15, 0.2) is 24.3 Å². The van der Waals surface area contributed by atoms with Crippen molar-refractivity contribution in [1.29, 1.82) is 0 Å². The number of aryl methyl sites for hydroxylation is 1. The molecule has 4 atom stereocenters. The molecule has 3 aliphatic rings. The molecule has 1 heterocycles. The molecule has 0 aromatic heterocycles. The average molecular weight is 355 g/mol. The fourth-order valence-electron chi connectivity index (χ4n) is 5.08. The van der Waals surface area contributed by atoms with E-state index in [1.807, 2.05) is 29.2 Å². The Kier molecular flexibility index (Phi) is 4.98. The highest BCUT2D eigenvalue weighted by Crippen LogP contribution is 2.47. The molecule has 1 aromatic rings. The fourth-order valence-corrected chi connectivity index (χ4v) is 5.08. The van der Waals surface area contributed by atoms with E-state index in [9.17, 15) is 9.59 Å². The van der Waals surface area contributed by atoms with Gasteiger partial charge in [-0.15, -0.1) is 0 Å². The predicted molar refractivity (Wildman–Crippen MR) is 102 cm³/mol. The molecule has 2 aliphatic carbocycles. The fraction of sp³-hybridized carbons (Fsp3) is 0.619. The predicted octanol–water partition coefficient (Wildman–Crippen LogP) is 2.55. The maximum Gasteiger partial charge on any atom is 0.229 e. The van der Waals surface area contributed by atoms with Gasteiger partial charge in [-0.3, -0.25) is 9.59 Å². The van der Waals surface area contributed by atoms with Crippen LogP contribution in [0.5, 0.6) is 0 Å². The van der Waals surface area contributed by atoms with Gasteiger partial charge in [0, 0.05) is 31.2 Å². The van der Waals surface area contributed by atoms with Crippen LogP contribution in [-0.2, 0) is 16.0 Å². The monoisotopic (exact) mass is 355 g/mol. The van der Waals surface area contributed by atoms with Gasteiger partial charge in [0.15, 0.2) is 0 Å². The van der Waals surface area contributed by atoms with Crippen molar-refractivity contribution in [3.63, 3.8) is 0 Å². The molecule has 2 saturated carbocycles. The van der Waals surface area contributed by atoms with E-state index in [0.29, 0.717) is 18.3 Å². The van der Waals surface area contributed by atoms with Crippen LogP contribution in [0.4, 0.5) is 5.69 Å². The normalized spacial score (nSPS) is 30.0. The van der Waals surface area contributed by atoms with Crippen LogP contribution < -0.4 is 11.1 Å². The lowest BCUT2D eigenvalue weighted by molar-refractivity contribution is -0.130. The molecule has 2 amide bonds. The molecule has 1 aliphatic heterocycles. The van der Waals surface area contributed by atoms with E-state index in [2.05, 4.69) is 5.32 Å². The second-order valence-electron chi connectivity index (χ2n) is 8.21. The van der Waals surface area contributed by atoms with Gasteiger partial charge in [0.2, 0.25) is 11.8 Å². The number of benzene rings is 1. The summed E-state index contributed by atoms with van der Waals surface area (Å²) in [5.41, 5.74) is 8.22. The Morgan fingerprint density at radius 1 is 1.08 bits per heavy atom. The first-order valence-electron chi connectivity index (χ1n) is 10.0. The van der Waals surface area contributed by atoms with Crippen LogP contribution in [0.2, 0.25) is 0 Å². The van der Waals surface area contributed by atoms with Crippen molar-refractivity contribution in [3.05, 3.63) is 29.8 Å². The largest absolute Gasteiger partial charge is 0.343 e. The van der Waals surface area contributed by atoms with Gasteiger partial charge >= 0.3 is 0 Å². The van der Waals surface area contributed by atoms with Gasteiger partial charge in [0.25, 0.3) is 0 Å². The van der Waals surface area contributed by atoms with E-state index in [0.717, 1.165) is 56.4 Å². The van der Waals surface area contributed by atoms with Crippen LogP contribution in [0.25, 0.3) is 0 Å². The summed E-state index contributed by atoms with van der Waals surface area (Å²) in [7, 11) is 0. The molecule has 140 valence electrons. The van der Waals surface area contributed by atoms with Crippen molar-refractivity contribution in [2.75, 3.05) is 18.4 Å². The molecular formula is C21H29N3O2. The van der Waals surface area contributed by atoms with Gasteiger partial charge in [-0.1, -0.05) is 12.1 Å². The van der Waals surface area contributed by atoms with E-state index in [1.165, 1.54) is 6.42 Å². The molecule has 4 unspecified atom stereocenters. The van der Waals surface area contributed by atoms with E-state index in [4.69, 9.17) is 5.73 Å². The maximum absolute atomic E-state index is 12.6. The first-order chi connectivity index (χ1) is 12.6. The quantitative estimate of drug-likeness (QED) is 0.852. The molecule has 0 spiro atoms. The molecule has 0 radical (unpaired) electrons. The van der Waals surface area contributed by atoms with Crippen molar-refractivity contribution in [3.8, 4) is 0 Å². The van der Waals surface area contributed by atoms with Crippen LogP contribution in [0.3, 0.4) is 0 Å². The SMILES string of the molecule is NC1C2CCC(C2)C1C(=O)Nc1ccc(CCC(=O)N2CCCC2)cc1. The minimum atomic E-state index is -0.0356. The van der Waals surface area contributed by atoms with Crippen molar-refractivity contribution < 1.29 is 9.59 Å². The number of hydrogen-bond acceptors (Lipinski definition) is 3. The third-order valence-corrected chi connectivity index (χ3v) is 6.59. The van der Waals surface area contributed by atoms with Gasteiger partial charge in [0.1, 0.15) is 0 Å². The third-order valence-electron chi connectivity index (χ3n) is 6.59. The lowest BCUT2D eigenvalue weighted by atomic mass is 9.84. The number of carbonyl (C=O) groups is 2. The number of hydrogen-bond donors (Lipinski definition) is 2. The molecule has 3 N–H and O–H groups in total. The lowest BCUT2D eigenvalue weighted by Crippen LogP contribution is -2.42. The van der Waals surface area contributed by atoms with Gasteiger partial charge in [-0.2, -0.15) is 0 Å². The number of nitrogens with two attached hydrogens (primary N) is 1. The standard InChI is InChI=1S/C21H29N3O2/c22-20-16-7-6-15(13-16)19(20)21(26)23-17-8-3-14(4-9-17)5-10-18(25)24-11-1-2-12-24/h3-4,8-9,15-16,19-20H,1-2,5-7,10-13,22H2,(H,23,26). The average Bonchev–Trinajstić information content (AvgIpc) is 3.38. The summed E-state index contributed by atoms with van der Waals surface area (Å²) in [6.45, 7) is 1.82. The van der Waals surface area contributed by atoms with Gasteiger partial charge in [0.05, 0.1) is 5.92 Å². The van der Waals surface area contributed by atoms with Crippen molar-refractivity contribution in [1.82, 2.24) is 4.90 Å². The van der Waals surface area contributed by atoms with E-state index in [-0.39, 0.29) is 23.8 Å². The van der Waals surface area contributed by atoms with Crippen LogP contribution in [-0.4, -0.2) is 35.8 Å². The zero-order chi connectivity index (χ0) is 18.1. The maximum atomic E-state index is 12.6. The smallest absolute Gasteiger partial charge is 0.229 e. The molecule has 4 rings (SSSR count). The van der Waals surface area contributed by atoms with Gasteiger partial charge in [-0.25, -0.2) is 0 Å².